The minimum Gasteiger partial charge on any atom is -0.490 e. The third kappa shape index (κ3) is 5.74. The smallest absolute Gasteiger partial charge is 0.252 e. The number of carbonyl (C=O) groups is 2. The lowest BCUT2D eigenvalue weighted by molar-refractivity contribution is 0.0939. The van der Waals surface area contributed by atoms with Crippen molar-refractivity contribution in [1.29, 1.82) is 0 Å². The molecule has 0 spiro atoms. The Morgan fingerprint density at radius 3 is 2.30 bits per heavy atom. The van der Waals surface area contributed by atoms with Crippen LogP contribution in [-0.2, 0) is 0 Å². The van der Waals surface area contributed by atoms with Gasteiger partial charge in [0, 0.05) is 23.7 Å². The molecule has 0 heterocycles. The molecule has 2 aromatic rings. The summed E-state index contributed by atoms with van der Waals surface area (Å²) in [4.78, 5) is 25.8. The SMILES string of the molecule is CCOc1ccc(C(=O)c2ccccc2C(=O)NCC(N)C2CC2)cc1OCC.Cl. The van der Waals surface area contributed by atoms with E-state index in [1.54, 1.807) is 42.5 Å². The Kier molecular flexibility index (Phi) is 8.69. The van der Waals surface area contributed by atoms with Gasteiger partial charge in [-0.05, 0) is 56.9 Å². The largest absolute Gasteiger partial charge is 0.490 e. The fourth-order valence-electron chi connectivity index (χ4n) is 3.22. The zero-order chi connectivity index (χ0) is 20.8. The lowest BCUT2D eigenvalue weighted by Crippen LogP contribution is -2.39. The average Bonchev–Trinajstić information content (AvgIpc) is 3.58. The predicted molar refractivity (Wildman–Crippen MR) is 119 cm³/mol. The Morgan fingerprint density at radius 2 is 1.67 bits per heavy atom. The van der Waals surface area contributed by atoms with Gasteiger partial charge in [-0.3, -0.25) is 9.59 Å². The zero-order valence-electron chi connectivity index (χ0n) is 17.4. The van der Waals surface area contributed by atoms with E-state index < -0.39 is 0 Å². The monoisotopic (exact) mass is 432 g/mol. The molecule has 3 rings (SSSR count). The van der Waals surface area contributed by atoms with Gasteiger partial charge in [0.15, 0.2) is 17.3 Å². The summed E-state index contributed by atoms with van der Waals surface area (Å²) in [5, 5.41) is 2.86. The van der Waals surface area contributed by atoms with E-state index in [2.05, 4.69) is 5.32 Å². The lowest BCUT2D eigenvalue weighted by atomic mass is 9.97. The topological polar surface area (TPSA) is 90.7 Å². The molecule has 1 atom stereocenters. The molecule has 2 aromatic carbocycles. The van der Waals surface area contributed by atoms with Crippen LogP contribution in [0.2, 0.25) is 0 Å². The highest BCUT2D eigenvalue weighted by Crippen LogP contribution is 2.31. The molecular formula is C23H29ClN2O4. The van der Waals surface area contributed by atoms with Gasteiger partial charge >= 0.3 is 0 Å². The quantitative estimate of drug-likeness (QED) is 0.560. The number of ether oxygens (including phenoxy) is 2. The van der Waals surface area contributed by atoms with Crippen molar-refractivity contribution in [2.75, 3.05) is 19.8 Å². The first-order valence-electron chi connectivity index (χ1n) is 10.1. The van der Waals surface area contributed by atoms with Crippen LogP contribution < -0.4 is 20.5 Å². The van der Waals surface area contributed by atoms with Crippen LogP contribution in [0.3, 0.4) is 0 Å². The fourth-order valence-corrected chi connectivity index (χ4v) is 3.22. The highest BCUT2D eigenvalue weighted by Gasteiger charge is 2.29. The summed E-state index contributed by atoms with van der Waals surface area (Å²) in [5.74, 6) is 1.06. The molecule has 0 aromatic heterocycles. The highest BCUT2D eigenvalue weighted by molar-refractivity contribution is 6.15. The Morgan fingerprint density at radius 1 is 1.03 bits per heavy atom. The normalized spacial score (nSPS) is 13.7. The van der Waals surface area contributed by atoms with Crippen LogP contribution in [0.25, 0.3) is 0 Å². The van der Waals surface area contributed by atoms with Crippen LogP contribution in [0.15, 0.2) is 42.5 Å². The molecule has 1 aliphatic rings. The molecule has 7 heteroatoms. The van der Waals surface area contributed by atoms with Gasteiger partial charge in [-0.25, -0.2) is 0 Å². The van der Waals surface area contributed by atoms with E-state index in [0.29, 0.717) is 53.9 Å². The summed E-state index contributed by atoms with van der Waals surface area (Å²) >= 11 is 0. The minimum atomic E-state index is -0.291. The van der Waals surface area contributed by atoms with Gasteiger partial charge in [0.05, 0.1) is 18.8 Å². The average molecular weight is 433 g/mol. The Labute approximate surface area is 183 Å². The summed E-state index contributed by atoms with van der Waals surface area (Å²) in [6.07, 6.45) is 2.23. The van der Waals surface area contributed by atoms with E-state index in [0.717, 1.165) is 12.8 Å². The molecule has 30 heavy (non-hydrogen) atoms. The summed E-state index contributed by atoms with van der Waals surface area (Å²) in [5.41, 5.74) is 7.19. The van der Waals surface area contributed by atoms with Crippen LogP contribution in [0, 0.1) is 5.92 Å². The molecule has 0 bridgehead atoms. The van der Waals surface area contributed by atoms with E-state index >= 15 is 0 Å². The summed E-state index contributed by atoms with van der Waals surface area (Å²) < 4.78 is 11.2. The number of benzene rings is 2. The van der Waals surface area contributed by atoms with Gasteiger partial charge < -0.3 is 20.5 Å². The molecule has 1 unspecified atom stereocenters. The molecule has 3 N–H and O–H groups in total. The number of hydrogen-bond donors (Lipinski definition) is 2. The molecule has 1 fully saturated rings. The lowest BCUT2D eigenvalue weighted by Gasteiger charge is -2.14. The molecule has 162 valence electrons. The molecule has 1 amide bonds. The van der Waals surface area contributed by atoms with Crippen molar-refractivity contribution in [3.63, 3.8) is 0 Å². The minimum absolute atomic E-state index is 0. The second-order valence-corrected chi connectivity index (χ2v) is 7.11. The highest BCUT2D eigenvalue weighted by atomic mass is 35.5. The molecule has 0 radical (unpaired) electrons. The van der Waals surface area contributed by atoms with E-state index in [-0.39, 0.29) is 30.1 Å². The van der Waals surface area contributed by atoms with Crippen molar-refractivity contribution in [3.8, 4) is 11.5 Å². The van der Waals surface area contributed by atoms with Crippen molar-refractivity contribution in [2.24, 2.45) is 11.7 Å². The van der Waals surface area contributed by atoms with E-state index in [1.165, 1.54) is 0 Å². The summed E-state index contributed by atoms with van der Waals surface area (Å²) in [6.45, 7) is 5.12. The fraction of sp³-hybridized carbons (Fsp3) is 0.391. The maximum Gasteiger partial charge on any atom is 0.252 e. The summed E-state index contributed by atoms with van der Waals surface area (Å²) in [7, 11) is 0. The van der Waals surface area contributed by atoms with Gasteiger partial charge in [-0.1, -0.05) is 18.2 Å². The number of amides is 1. The number of nitrogens with one attached hydrogen (secondary N) is 1. The van der Waals surface area contributed by atoms with Gasteiger partial charge in [0.1, 0.15) is 0 Å². The maximum absolute atomic E-state index is 13.2. The molecular weight excluding hydrogens is 404 g/mol. The first-order valence-corrected chi connectivity index (χ1v) is 10.1. The van der Waals surface area contributed by atoms with Gasteiger partial charge in [-0.2, -0.15) is 0 Å². The second kappa shape index (κ2) is 11.0. The summed E-state index contributed by atoms with van der Waals surface area (Å²) in [6, 6.07) is 11.8. The van der Waals surface area contributed by atoms with Crippen LogP contribution in [0.5, 0.6) is 11.5 Å². The Hall–Kier alpha value is -2.57. The number of rotatable bonds is 10. The molecule has 0 aliphatic heterocycles. The molecule has 1 saturated carbocycles. The van der Waals surface area contributed by atoms with Crippen molar-refractivity contribution < 1.29 is 19.1 Å². The van der Waals surface area contributed by atoms with Crippen molar-refractivity contribution in [2.45, 2.75) is 32.7 Å². The van der Waals surface area contributed by atoms with E-state index in [4.69, 9.17) is 15.2 Å². The van der Waals surface area contributed by atoms with Crippen LogP contribution >= 0.6 is 12.4 Å². The third-order valence-corrected chi connectivity index (χ3v) is 4.95. The van der Waals surface area contributed by atoms with Crippen LogP contribution in [-0.4, -0.2) is 37.5 Å². The number of ketones is 1. The second-order valence-electron chi connectivity index (χ2n) is 7.11. The van der Waals surface area contributed by atoms with Gasteiger partial charge in [0.2, 0.25) is 0 Å². The standard InChI is InChI=1S/C23H28N2O4.ClH/c1-3-28-20-12-11-16(13-21(20)29-4-2)22(26)17-7-5-6-8-18(17)23(27)25-14-19(24)15-9-10-15;/h5-8,11-13,15,19H,3-4,9-10,14,24H2,1-2H3,(H,25,27);1H. The van der Waals surface area contributed by atoms with Crippen molar-refractivity contribution in [1.82, 2.24) is 5.32 Å². The van der Waals surface area contributed by atoms with Crippen LogP contribution in [0.4, 0.5) is 0 Å². The van der Waals surface area contributed by atoms with E-state index in [1.807, 2.05) is 13.8 Å². The molecule has 1 aliphatic carbocycles. The number of halogens is 1. The zero-order valence-corrected chi connectivity index (χ0v) is 18.2. The Bertz CT molecular complexity index is 883. The predicted octanol–water partition coefficient (Wildman–Crippen LogP) is 3.60. The number of nitrogens with two attached hydrogens (primary N) is 1. The number of carbonyl (C=O) groups excluding carboxylic acids is 2. The van der Waals surface area contributed by atoms with Crippen molar-refractivity contribution in [3.05, 3.63) is 59.2 Å². The first-order chi connectivity index (χ1) is 14.0. The molecule has 6 nitrogen and oxygen atoms in total. The maximum atomic E-state index is 13.2. The third-order valence-electron chi connectivity index (χ3n) is 4.95. The number of hydrogen-bond acceptors (Lipinski definition) is 5. The van der Waals surface area contributed by atoms with Gasteiger partial charge in [-0.15, -0.1) is 12.4 Å². The van der Waals surface area contributed by atoms with Crippen molar-refractivity contribution >= 4 is 24.1 Å². The Balaban J connectivity index is 0.00000320. The van der Waals surface area contributed by atoms with E-state index in [9.17, 15) is 9.59 Å². The van der Waals surface area contributed by atoms with Gasteiger partial charge in [0.25, 0.3) is 5.91 Å². The van der Waals surface area contributed by atoms with Crippen LogP contribution in [0.1, 0.15) is 53.0 Å². The molecule has 0 saturated heterocycles. The first kappa shape index (κ1) is 23.7.